The lowest BCUT2D eigenvalue weighted by Crippen LogP contribution is -2.00. The zero-order valence-corrected chi connectivity index (χ0v) is 7.08. The Bertz CT molecular complexity index is 166. The first-order valence-corrected chi connectivity index (χ1v) is 4.59. The quantitative estimate of drug-likeness (QED) is 0.662. The minimum Gasteiger partial charge on any atom is -0.402 e. The molecule has 0 saturated heterocycles. The van der Waals surface area contributed by atoms with Crippen LogP contribution in [0.5, 0.6) is 0 Å². The normalized spacial score (nSPS) is 18.1. The summed E-state index contributed by atoms with van der Waals surface area (Å²) in [5, 5.41) is 0. The highest BCUT2D eigenvalue weighted by Crippen LogP contribution is 2.25. The van der Waals surface area contributed by atoms with Gasteiger partial charge in [0, 0.05) is 5.70 Å². The molecular weight excluding hydrogens is 142 g/mol. The second kappa shape index (κ2) is 3.71. The van der Waals surface area contributed by atoms with Gasteiger partial charge in [-0.1, -0.05) is 13.0 Å². The van der Waals surface area contributed by atoms with Crippen molar-refractivity contribution in [2.45, 2.75) is 19.8 Å². The van der Waals surface area contributed by atoms with Gasteiger partial charge in [-0.3, -0.25) is 0 Å². The summed E-state index contributed by atoms with van der Waals surface area (Å²) < 4.78 is 0. The zero-order chi connectivity index (χ0) is 7.40. The fraction of sp³-hybridized carbons (Fsp3) is 0.500. The van der Waals surface area contributed by atoms with Gasteiger partial charge < -0.3 is 5.73 Å². The lowest BCUT2D eigenvalue weighted by Gasteiger charge is -2.09. The number of hydrogen-bond acceptors (Lipinski definition) is 2. The summed E-state index contributed by atoms with van der Waals surface area (Å²) in [6, 6.07) is 0. The number of thioether (sulfide) groups is 1. The van der Waals surface area contributed by atoms with Gasteiger partial charge in [-0.15, -0.1) is 11.8 Å². The van der Waals surface area contributed by atoms with Crippen LogP contribution in [0.15, 0.2) is 22.8 Å². The van der Waals surface area contributed by atoms with Crippen LogP contribution in [0.1, 0.15) is 19.8 Å². The van der Waals surface area contributed by atoms with Gasteiger partial charge in [-0.25, -0.2) is 0 Å². The molecule has 56 valence electrons. The van der Waals surface area contributed by atoms with E-state index in [2.05, 4.69) is 13.0 Å². The molecule has 0 aromatic rings. The van der Waals surface area contributed by atoms with Crippen LogP contribution in [0.2, 0.25) is 0 Å². The molecule has 0 bridgehead atoms. The Morgan fingerprint density at radius 3 is 2.80 bits per heavy atom. The van der Waals surface area contributed by atoms with Gasteiger partial charge in [0.1, 0.15) is 0 Å². The Balaban J connectivity index is 2.47. The van der Waals surface area contributed by atoms with Gasteiger partial charge >= 0.3 is 0 Å². The van der Waals surface area contributed by atoms with Gasteiger partial charge in [-0.2, -0.15) is 0 Å². The van der Waals surface area contributed by atoms with Crippen molar-refractivity contribution in [2.75, 3.05) is 5.75 Å². The average molecular weight is 155 g/mol. The fourth-order valence-electron chi connectivity index (χ4n) is 0.940. The van der Waals surface area contributed by atoms with Crippen molar-refractivity contribution in [1.29, 1.82) is 0 Å². The number of hydrogen-bond donors (Lipinski definition) is 1. The van der Waals surface area contributed by atoms with E-state index in [0.29, 0.717) is 0 Å². The molecule has 0 aromatic carbocycles. The Kier molecular flexibility index (Phi) is 2.87. The predicted octanol–water partition coefficient (Wildman–Crippen LogP) is 2.26. The van der Waals surface area contributed by atoms with Gasteiger partial charge in [-0.05, 0) is 29.6 Å². The number of allylic oxidation sites excluding steroid dienone is 4. The SMILES string of the molecule is CCSC1=CC=C(N)CC1. The Morgan fingerprint density at radius 2 is 2.30 bits per heavy atom. The van der Waals surface area contributed by atoms with E-state index in [1.807, 2.05) is 17.8 Å². The summed E-state index contributed by atoms with van der Waals surface area (Å²) in [7, 11) is 0. The van der Waals surface area contributed by atoms with Crippen molar-refractivity contribution >= 4 is 11.8 Å². The van der Waals surface area contributed by atoms with E-state index < -0.39 is 0 Å². The second-order valence-electron chi connectivity index (χ2n) is 2.31. The van der Waals surface area contributed by atoms with Gasteiger partial charge in [0.05, 0.1) is 0 Å². The summed E-state index contributed by atoms with van der Waals surface area (Å²) in [5.41, 5.74) is 6.61. The van der Waals surface area contributed by atoms with Crippen molar-refractivity contribution < 1.29 is 0 Å². The Labute approximate surface area is 66.4 Å². The minimum absolute atomic E-state index is 1.01. The fourth-order valence-corrected chi connectivity index (χ4v) is 1.72. The van der Waals surface area contributed by atoms with E-state index in [1.165, 1.54) is 10.7 Å². The molecule has 0 aliphatic heterocycles. The summed E-state index contributed by atoms with van der Waals surface area (Å²) in [6.45, 7) is 2.17. The molecule has 0 amide bonds. The third-order valence-corrected chi connectivity index (χ3v) is 2.47. The molecule has 1 aliphatic carbocycles. The lowest BCUT2D eigenvalue weighted by molar-refractivity contribution is 0.933. The van der Waals surface area contributed by atoms with E-state index >= 15 is 0 Å². The second-order valence-corrected chi connectivity index (χ2v) is 3.70. The molecule has 0 aromatic heterocycles. The molecule has 0 heterocycles. The predicted molar refractivity (Wildman–Crippen MR) is 47.7 cm³/mol. The molecule has 2 N–H and O–H groups in total. The van der Waals surface area contributed by atoms with Crippen LogP contribution >= 0.6 is 11.8 Å². The minimum atomic E-state index is 1.01. The van der Waals surface area contributed by atoms with Crippen LogP contribution in [-0.4, -0.2) is 5.75 Å². The van der Waals surface area contributed by atoms with E-state index in [1.54, 1.807) is 0 Å². The first-order valence-electron chi connectivity index (χ1n) is 3.61. The van der Waals surface area contributed by atoms with Crippen LogP contribution in [0.25, 0.3) is 0 Å². The molecule has 1 rings (SSSR count). The van der Waals surface area contributed by atoms with Crippen LogP contribution in [-0.2, 0) is 0 Å². The highest BCUT2D eigenvalue weighted by molar-refractivity contribution is 8.03. The molecule has 0 atom stereocenters. The van der Waals surface area contributed by atoms with Crippen LogP contribution < -0.4 is 5.73 Å². The van der Waals surface area contributed by atoms with Crippen molar-refractivity contribution in [3.8, 4) is 0 Å². The van der Waals surface area contributed by atoms with E-state index in [9.17, 15) is 0 Å². The van der Waals surface area contributed by atoms with Gasteiger partial charge in [0.2, 0.25) is 0 Å². The number of rotatable bonds is 2. The number of nitrogens with two attached hydrogens (primary N) is 1. The standard InChI is InChI=1S/C8H13NS/c1-2-10-8-5-3-7(9)4-6-8/h3,5H,2,4,6,9H2,1H3. The third-order valence-electron chi connectivity index (χ3n) is 1.47. The topological polar surface area (TPSA) is 26.0 Å². The monoisotopic (exact) mass is 155 g/mol. The van der Waals surface area contributed by atoms with Crippen LogP contribution in [0.4, 0.5) is 0 Å². The van der Waals surface area contributed by atoms with Crippen LogP contribution in [0.3, 0.4) is 0 Å². The highest BCUT2D eigenvalue weighted by Gasteiger charge is 2.01. The summed E-state index contributed by atoms with van der Waals surface area (Å²) in [4.78, 5) is 1.47. The molecule has 1 nitrogen and oxygen atoms in total. The Hall–Kier alpha value is -0.370. The zero-order valence-electron chi connectivity index (χ0n) is 6.26. The van der Waals surface area contributed by atoms with E-state index in [-0.39, 0.29) is 0 Å². The maximum absolute atomic E-state index is 5.60. The smallest absolute Gasteiger partial charge is 0.00842 e. The summed E-state index contributed by atoms with van der Waals surface area (Å²) in [5.74, 6) is 1.17. The molecule has 2 heteroatoms. The lowest BCUT2D eigenvalue weighted by atomic mass is 10.1. The van der Waals surface area contributed by atoms with Gasteiger partial charge in [0.15, 0.2) is 0 Å². The summed E-state index contributed by atoms with van der Waals surface area (Å²) >= 11 is 1.92. The molecule has 0 spiro atoms. The highest BCUT2D eigenvalue weighted by atomic mass is 32.2. The molecule has 0 unspecified atom stereocenters. The molecule has 0 fully saturated rings. The molecule has 0 saturated carbocycles. The van der Waals surface area contributed by atoms with E-state index in [4.69, 9.17) is 5.73 Å². The largest absolute Gasteiger partial charge is 0.402 e. The van der Waals surface area contributed by atoms with Crippen molar-refractivity contribution in [3.05, 3.63) is 22.8 Å². The maximum atomic E-state index is 5.60. The van der Waals surface area contributed by atoms with Crippen LogP contribution in [0, 0.1) is 0 Å². The average Bonchev–Trinajstić information content (AvgIpc) is 1.95. The summed E-state index contributed by atoms with van der Waals surface area (Å²) in [6.07, 6.45) is 6.33. The molecule has 0 radical (unpaired) electrons. The Morgan fingerprint density at radius 1 is 1.50 bits per heavy atom. The van der Waals surface area contributed by atoms with Gasteiger partial charge in [0.25, 0.3) is 0 Å². The first kappa shape index (κ1) is 7.73. The van der Waals surface area contributed by atoms with E-state index in [0.717, 1.165) is 18.5 Å². The molecule has 10 heavy (non-hydrogen) atoms. The van der Waals surface area contributed by atoms with Crippen molar-refractivity contribution in [2.24, 2.45) is 5.73 Å². The van der Waals surface area contributed by atoms with Crippen molar-refractivity contribution in [1.82, 2.24) is 0 Å². The van der Waals surface area contributed by atoms with Crippen molar-refractivity contribution in [3.63, 3.8) is 0 Å². The molecule has 1 aliphatic rings. The maximum Gasteiger partial charge on any atom is 0.00842 e. The third kappa shape index (κ3) is 2.10. The first-order chi connectivity index (χ1) is 4.83. The molecular formula is C8H13NS.